The molecule has 0 bridgehead atoms. The van der Waals surface area contributed by atoms with E-state index in [0.29, 0.717) is 5.92 Å². The van der Waals surface area contributed by atoms with Crippen molar-refractivity contribution < 1.29 is 4.74 Å². The SMILES string of the molecule is COc1ccc(CCC(C)c2ccc(C)cc2)cc1. The first-order valence-electron chi connectivity index (χ1n) is 6.88. The molecule has 0 spiro atoms. The first-order valence-corrected chi connectivity index (χ1v) is 6.88. The molecule has 1 atom stereocenters. The van der Waals surface area contributed by atoms with Gasteiger partial charge in [-0.25, -0.2) is 0 Å². The Balaban J connectivity index is 1.92. The molecule has 1 nitrogen and oxygen atoms in total. The molecular formula is C18H22O. The standard InChI is InChI=1S/C18H22O/c1-14-4-10-17(11-5-14)15(2)6-7-16-8-12-18(19-3)13-9-16/h4-5,8-13,15H,6-7H2,1-3H3. The van der Waals surface area contributed by atoms with Crippen LogP contribution in [0.2, 0.25) is 0 Å². The van der Waals surface area contributed by atoms with Gasteiger partial charge in [-0.05, 0) is 48.9 Å². The Hall–Kier alpha value is -1.76. The maximum absolute atomic E-state index is 5.18. The van der Waals surface area contributed by atoms with E-state index in [2.05, 4.69) is 50.2 Å². The third-order valence-electron chi connectivity index (χ3n) is 3.67. The van der Waals surface area contributed by atoms with Crippen LogP contribution in [-0.4, -0.2) is 7.11 Å². The van der Waals surface area contributed by atoms with E-state index in [1.54, 1.807) is 7.11 Å². The minimum absolute atomic E-state index is 0.600. The van der Waals surface area contributed by atoms with Crippen LogP contribution < -0.4 is 4.74 Å². The molecule has 1 heteroatoms. The number of aryl methyl sites for hydroxylation is 2. The lowest BCUT2D eigenvalue weighted by Crippen LogP contribution is -1.96. The van der Waals surface area contributed by atoms with Crippen LogP contribution in [0.5, 0.6) is 5.75 Å². The number of hydrogen-bond donors (Lipinski definition) is 0. The molecule has 0 saturated carbocycles. The molecule has 0 radical (unpaired) electrons. The fourth-order valence-corrected chi connectivity index (χ4v) is 2.24. The third-order valence-corrected chi connectivity index (χ3v) is 3.67. The van der Waals surface area contributed by atoms with Crippen LogP contribution in [0.15, 0.2) is 48.5 Å². The van der Waals surface area contributed by atoms with Gasteiger partial charge in [0.15, 0.2) is 0 Å². The van der Waals surface area contributed by atoms with Crippen LogP contribution in [0.3, 0.4) is 0 Å². The largest absolute Gasteiger partial charge is 0.497 e. The first kappa shape index (κ1) is 13.7. The van der Waals surface area contributed by atoms with Crippen molar-refractivity contribution in [1.29, 1.82) is 0 Å². The van der Waals surface area contributed by atoms with Crippen molar-refractivity contribution in [3.8, 4) is 5.75 Å². The quantitative estimate of drug-likeness (QED) is 0.749. The molecule has 0 fully saturated rings. The van der Waals surface area contributed by atoms with Crippen LogP contribution in [0.25, 0.3) is 0 Å². The van der Waals surface area contributed by atoms with Gasteiger partial charge in [0.1, 0.15) is 5.75 Å². The molecule has 0 N–H and O–H groups in total. The molecule has 0 saturated heterocycles. The number of ether oxygens (including phenoxy) is 1. The van der Waals surface area contributed by atoms with Crippen LogP contribution in [0.4, 0.5) is 0 Å². The van der Waals surface area contributed by atoms with Crippen LogP contribution in [0.1, 0.15) is 36.0 Å². The van der Waals surface area contributed by atoms with Crippen LogP contribution >= 0.6 is 0 Å². The number of hydrogen-bond acceptors (Lipinski definition) is 1. The molecule has 2 rings (SSSR count). The number of rotatable bonds is 5. The molecule has 1 unspecified atom stereocenters. The highest BCUT2D eigenvalue weighted by atomic mass is 16.5. The molecule has 0 amide bonds. The summed E-state index contributed by atoms with van der Waals surface area (Å²) in [5, 5.41) is 0. The van der Waals surface area contributed by atoms with Gasteiger partial charge in [-0.3, -0.25) is 0 Å². The molecule has 2 aromatic carbocycles. The van der Waals surface area contributed by atoms with E-state index in [1.165, 1.54) is 23.1 Å². The van der Waals surface area contributed by atoms with Crippen LogP contribution in [-0.2, 0) is 6.42 Å². The zero-order chi connectivity index (χ0) is 13.7. The minimum Gasteiger partial charge on any atom is -0.497 e. The third kappa shape index (κ3) is 3.85. The molecule has 19 heavy (non-hydrogen) atoms. The minimum atomic E-state index is 0.600. The number of methoxy groups -OCH3 is 1. The molecule has 0 aliphatic carbocycles. The van der Waals surface area contributed by atoms with Gasteiger partial charge in [0.2, 0.25) is 0 Å². The highest BCUT2D eigenvalue weighted by Gasteiger charge is 2.05. The molecular weight excluding hydrogens is 232 g/mol. The van der Waals surface area contributed by atoms with Gasteiger partial charge < -0.3 is 4.74 Å². The molecule has 0 aromatic heterocycles. The Labute approximate surface area is 116 Å². The fourth-order valence-electron chi connectivity index (χ4n) is 2.24. The van der Waals surface area contributed by atoms with E-state index in [0.717, 1.165) is 12.2 Å². The predicted octanol–water partition coefficient (Wildman–Crippen LogP) is 4.74. The lowest BCUT2D eigenvalue weighted by atomic mass is 9.93. The average Bonchev–Trinajstić information content (AvgIpc) is 2.46. The lowest BCUT2D eigenvalue weighted by molar-refractivity contribution is 0.414. The normalized spacial score (nSPS) is 12.2. The van der Waals surface area contributed by atoms with Gasteiger partial charge in [0.25, 0.3) is 0 Å². The lowest BCUT2D eigenvalue weighted by Gasteiger charge is -2.12. The van der Waals surface area contributed by atoms with Crippen molar-refractivity contribution in [2.24, 2.45) is 0 Å². The highest BCUT2D eigenvalue weighted by Crippen LogP contribution is 2.22. The molecule has 0 aliphatic heterocycles. The smallest absolute Gasteiger partial charge is 0.118 e. The molecule has 0 heterocycles. The van der Waals surface area contributed by atoms with E-state index in [9.17, 15) is 0 Å². The summed E-state index contributed by atoms with van der Waals surface area (Å²) in [6, 6.07) is 17.2. The Morgan fingerprint density at radius 3 is 2.16 bits per heavy atom. The van der Waals surface area contributed by atoms with E-state index in [-0.39, 0.29) is 0 Å². The Kier molecular flexibility index (Phi) is 4.62. The summed E-state index contributed by atoms with van der Waals surface area (Å²) in [5.74, 6) is 1.53. The second-order valence-corrected chi connectivity index (χ2v) is 5.20. The van der Waals surface area contributed by atoms with Crippen molar-refractivity contribution in [2.45, 2.75) is 32.6 Å². The second-order valence-electron chi connectivity index (χ2n) is 5.20. The van der Waals surface area contributed by atoms with Crippen molar-refractivity contribution in [2.75, 3.05) is 7.11 Å². The average molecular weight is 254 g/mol. The van der Waals surface area contributed by atoms with Gasteiger partial charge >= 0.3 is 0 Å². The topological polar surface area (TPSA) is 9.23 Å². The first-order chi connectivity index (χ1) is 9.19. The summed E-state index contributed by atoms with van der Waals surface area (Å²) < 4.78 is 5.18. The van der Waals surface area contributed by atoms with E-state index < -0.39 is 0 Å². The van der Waals surface area contributed by atoms with Gasteiger partial charge in [0.05, 0.1) is 7.11 Å². The Morgan fingerprint density at radius 1 is 0.947 bits per heavy atom. The predicted molar refractivity (Wildman–Crippen MR) is 80.9 cm³/mol. The van der Waals surface area contributed by atoms with Crippen molar-refractivity contribution in [3.63, 3.8) is 0 Å². The summed E-state index contributed by atoms with van der Waals surface area (Å²) in [6.45, 7) is 4.43. The highest BCUT2D eigenvalue weighted by molar-refractivity contribution is 5.28. The molecule has 0 aliphatic rings. The maximum atomic E-state index is 5.18. The fraction of sp³-hybridized carbons (Fsp3) is 0.333. The van der Waals surface area contributed by atoms with E-state index in [1.807, 2.05) is 12.1 Å². The van der Waals surface area contributed by atoms with Crippen LogP contribution in [0, 0.1) is 6.92 Å². The zero-order valence-electron chi connectivity index (χ0n) is 12.0. The zero-order valence-corrected chi connectivity index (χ0v) is 12.0. The monoisotopic (exact) mass is 254 g/mol. The van der Waals surface area contributed by atoms with Gasteiger partial charge in [-0.2, -0.15) is 0 Å². The molecule has 2 aromatic rings. The van der Waals surface area contributed by atoms with Crippen molar-refractivity contribution in [1.82, 2.24) is 0 Å². The summed E-state index contributed by atoms with van der Waals surface area (Å²) in [4.78, 5) is 0. The van der Waals surface area contributed by atoms with E-state index in [4.69, 9.17) is 4.74 Å². The summed E-state index contributed by atoms with van der Waals surface area (Å²) in [6.07, 6.45) is 2.29. The van der Waals surface area contributed by atoms with Gasteiger partial charge in [-0.15, -0.1) is 0 Å². The Bertz CT molecular complexity index is 496. The molecule has 100 valence electrons. The van der Waals surface area contributed by atoms with Crippen molar-refractivity contribution >= 4 is 0 Å². The summed E-state index contributed by atoms with van der Waals surface area (Å²) in [5.41, 5.74) is 4.13. The van der Waals surface area contributed by atoms with Gasteiger partial charge in [0, 0.05) is 0 Å². The van der Waals surface area contributed by atoms with E-state index >= 15 is 0 Å². The second kappa shape index (κ2) is 6.42. The van der Waals surface area contributed by atoms with Crippen molar-refractivity contribution in [3.05, 3.63) is 65.2 Å². The Morgan fingerprint density at radius 2 is 1.58 bits per heavy atom. The van der Waals surface area contributed by atoms with Gasteiger partial charge in [-0.1, -0.05) is 48.9 Å². The summed E-state index contributed by atoms with van der Waals surface area (Å²) >= 11 is 0. The number of benzene rings is 2. The maximum Gasteiger partial charge on any atom is 0.118 e. The summed E-state index contributed by atoms with van der Waals surface area (Å²) in [7, 11) is 1.70.